The highest BCUT2D eigenvalue weighted by Gasteiger charge is 2.32. The van der Waals surface area contributed by atoms with Gasteiger partial charge in [-0.1, -0.05) is 40.0 Å². The maximum atomic E-state index is 13.2. The summed E-state index contributed by atoms with van der Waals surface area (Å²) in [6.07, 6.45) is 6.47. The summed E-state index contributed by atoms with van der Waals surface area (Å²) in [5.41, 5.74) is 0.700. The fraction of sp³-hybridized carbons (Fsp3) is 0.682. The molecule has 1 N–H and O–H groups in total. The molecule has 1 amide bonds. The Bertz CT molecular complexity index is 735. The minimum atomic E-state index is -1.21. The van der Waals surface area contributed by atoms with Gasteiger partial charge in [-0.15, -0.1) is 0 Å². The van der Waals surface area contributed by atoms with Crippen LogP contribution in [0.25, 0.3) is 0 Å². The second kappa shape index (κ2) is 11.0. The highest BCUT2D eigenvalue weighted by Crippen LogP contribution is 2.17. The fourth-order valence-corrected chi connectivity index (χ4v) is 3.26. The molecule has 0 aliphatic rings. The number of aryl methyl sites for hydroxylation is 1. The van der Waals surface area contributed by atoms with Gasteiger partial charge < -0.3 is 14.6 Å². The molecule has 0 bridgehead atoms. The Balaban J connectivity index is 3.45. The topological polar surface area (TPSA) is 77.4 Å². The number of hydrogen-bond acceptors (Lipinski definition) is 4. The van der Waals surface area contributed by atoms with Crippen molar-refractivity contribution < 1.29 is 14.3 Å². The number of nitrogens with one attached hydrogen (secondary N) is 1. The average molecular weight is 393 g/mol. The van der Waals surface area contributed by atoms with E-state index in [1.54, 1.807) is 24.5 Å². The Morgan fingerprint density at radius 1 is 1.07 bits per heavy atom. The highest BCUT2D eigenvalue weighted by molar-refractivity contribution is 5.97. The highest BCUT2D eigenvalue weighted by atomic mass is 16.5. The molecule has 0 saturated carbocycles. The standard InChI is InChI=1S/C22H36N2O4/c1-7-10-13-18-16(12-9-3)15-17(20(26)24(18)14-11-8-2)19(25)23-22(4,5)21(27)28-6/h15H,7-14H2,1-6H3,(H,23,25). The largest absolute Gasteiger partial charge is 0.467 e. The van der Waals surface area contributed by atoms with Gasteiger partial charge in [0, 0.05) is 12.2 Å². The second-order valence-corrected chi connectivity index (χ2v) is 7.76. The van der Waals surface area contributed by atoms with Crippen LogP contribution in [0.15, 0.2) is 10.9 Å². The Morgan fingerprint density at radius 3 is 2.25 bits per heavy atom. The first kappa shape index (κ1) is 23.9. The van der Waals surface area contributed by atoms with Crippen molar-refractivity contribution in [1.29, 1.82) is 0 Å². The van der Waals surface area contributed by atoms with Gasteiger partial charge in [0.05, 0.1) is 7.11 Å². The van der Waals surface area contributed by atoms with Gasteiger partial charge in [0.1, 0.15) is 11.1 Å². The molecule has 0 aromatic carbocycles. The van der Waals surface area contributed by atoms with Crippen molar-refractivity contribution in [1.82, 2.24) is 9.88 Å². The number of nitrogens with zero attached hydrogens (tertiary/aromatic N) is 1. The second-order valence-electron chi connectivity index (χ2n) is 7.76. The molecule has 0 fully saturated rings. The Morgan fingerprint density at radius 2 is 1.71 bits per heavy atom. The van der Waals surface area contributed by atoms with Crippen molar-refractivity contribution in [3.05, 3.63) is 33.2 Å². The number of carbonyl (C=O) groups is 2. The predicted molar refractivity (Wildman–Crippen MR) is 112 cm³/mol. The first-order chi connectivity index (χ1) is 13.2. The minimum absolute atomic E-state index is 0.0942. The molecule has 1 heterocycles. The molecule has 0 unspecified atom stereocenters. The number of amides is 1. The normalized spacial score (nSPS) is 11.4. The van der Waals surface area contributed by atoms with Crippen LogP contribution < -0.4 is 10.9 Å². The zero-order valence-electron chi connectivity index (χ0n) is 18.3. The number of aromatic nitrogens is 1. The summed E-state index contributed by atoms with van der Waals surface area (Å²) in [7, 11) is 1.27. The van der Waals surface area contributed by atoms with E-state index in [4.69, 9.17) is 4.74 Å². The van der Waals surface area contributed by atoms with Gasteiger partial charge in [-0.25, -0.2) is 4.79 Å². The number of carbonyl (C=O) groups excluding carboxylic acids is 2. The first-order valence-corrected chi connectivity index (χ1v) is 10.4. The Kier molecular flexibility index (Phi) is 9.42. The lowest BCUT2D eigenvalue weighted by Gasteiger charge is -2.24. The summed E-state index contributed by atoms with van der Waals surface area (Å²) in [4.78, 5) is 38.0. The quantitative estimate of drug-likeness (QED) is 0.584. The molecule has 0 saturated heterocycles. The third-order valence-electron chi connectivity index (χ3n) is 4.88. The third kappa shape index (κ3) is 5.94. The summed E-state index contributed by atoms with van der Waals surface area (Å²) in [6.45, 7) is 10.0. The minimum Gasteiger partial charge on any atom is -0.467 e. The lowest BCUT2D eigenvalue weighted by Crippen LogP contribution is -2.51. The van der Waals surface area contributed by atoms with Crippen LogP contribution in [0, 0.1) is 0 Å². The van der Waals surface area contributed by atoms with E-state index in [2.05, 4.69) is 26.1 Å². The van der Waals surface area contributed by atoms with Crippen LogP contribution in [0.2, 0.25) is 0 Å². The van der Waals surface area contributed by atoms with E-state index >= 15 is 0 Å². The zero-order chi connectivity index (χ0) is 21.3. The molecule has 0 aliphatic heterocycles. The van der Waals surface area contributed by atoms with Crippen LogP contribution in [0.1, 0.15) is 88.3 Å². The molecule has 28 heavy (non-hydrogen) atoms. The molecule has 0 radical (unpaired) electrons. The van der Waals surface area contributed by atoms with Gasteiger partial charge >= 0.3 is 5.97 Å². The number of pyridine rings is 1. The molecule has 0 aliphatic carbocycles. The van der Waals surface area contributed by atoms with Crippen LogP contribution in [-0.4, -0.2) is 29.1 Å². The predicted octanol–water partition coefficient (Wildman–Crippen LogP) is 3.62. The molecular formula is C22H36N2O4. The van der Waals surface area contributed by atoms with E-state index in [0.29, 0.717) is 6.54 Å². The molecule has 6 nitrogen and oxygen atoms in total. The summed E-state index contributed by atoms with van der Waals surface area (Å²) >= 11 is 0. The molecular weight excluding hydrogens is 356 g/mol. The SMILES string of the molecule is CCCCc1c(CCC)cc(C(=O)NC(C)(C)C(=O)OC)c(=O)n1CCCC. The maximum absolute atomic E-state index is 13.2. The first-order valence-electron chi connectivity index (χ1n) is 10.4. The number of methoxy groups -OCH3 is 1. The molecule has 0 spiro atoms. The lowest BCUT2D eigenvalue weighted by molar-refractivity contribution is -0.146. The molecule has 6 heteroatoms. The van der Waals surface area contributed by atoms with E-state index in [1.807, 2.05) is 0 Å². The van der Waals surface area contributed by atoms with E-state index in [0.717, 1.165) is 56.2 Å². The monoisotopic (exact) mass is 392 g/mol. The molecule has 1 aromatic heterocycles. The van der Waals surface area contributed by atoms with Crippen molar-refractivity contribution in [3.63, 3.8) is 0 Å². The number of rotatable bonds is 11. The smallest absolute Gasteiger partial charge is 0.330 e. The van der Waals surface area contributed by atoms with Crippen LogP contribution in [0.3, 0.4) is 0 Å². The van der Waals surface area contributed by atoms with Gasteiger partial charge in [0.15, 0.2) is 0 Å². The van der Waals surface area contributed by atoms with Crippen LogP contribution >= 0.6 is 0 Å². The number of ether oxygens (including phenoxy) is 1. The molecule has 1 rings (SSSR count). The molecule has 158 valence electrons. The Hall–Kier alpha value is -2.11. The Labute approximate surface area is 168 Å². The summed E-state index contributed by atoms with van der Waals surface area (Å²) in [5.74, 6) is -1.09. The molecule has 1 aromatic rings. The van der Waals surface area contributed by atoms with Crippen LogP contribution in [-0.2, 0) is 28.9 Å². The zero-order valence-corrected chi connectivity index (χ0v) is 18.3. The summed E-state index contributed by atoms with van der Waals surface area (Å²) < 4.78 is 6.53. The van der Waals surface area contributed by atoms with Crippen molar-refractivity contribution in [2.24, 2.45) is 0 Å². The van der Waals surface area contributed by atoms with Crippen molar-refractivity contribution in [2.75, 3.05) is 7.11 Å². The number of esters is 1. The molecule has 0 atom stereocenters. The van der Waals surface area contributed by atoms with Gasteiger partial charge in [-0.3, -0.25) is 9.59 Å². The van der Waals surface area contributed by atoms with E-state index in [-0.39, 0.29) is 11.1 Å². The van der Waals surface area contributed by atoms with Crippen molar-refractivity contribution in [3.8, 4) is 0 Å². The summed E-state index contributed by atoms with van der Waals surface area (Å²) in [5, 5.41) is 2.65. The fourth-order valence-electron chi connectivity index (χ4n) is 3.26. The number of hydrogen-bond donors (Lipinski definition) is 1. The third-order valence-corrected chi connectivity index (χ3v) is 4.88. The maximum Gasteiger partial charge on any atom is 0.330 e. The van der Waals surface area contributed by atoms with Crippen molar-refractivity contribution >= 4 is 11.9 Å². The van der Waals surface area contributed by atoms with Gasteiger partial charge in [0.2, 0.25) is 0 Å². The van der Waals surface area contributed by atoms with Gasteiger partial charge in [-0.2, -0.15) is 0 Å². The summed E-state index contributed by atoms with van der Waals surface area (Å²) in [6, 6.07) is 1.72. The van der Waals surface area contributed by atoms with Crippen LogP contribution in [0.5, 0.6) is 0 Å². The van der Waals surface area contributed by atoms with Crippen molar-refractivity contribution in [2.45, 2.75) is 91.6 Å². The van der Waals surface area contributed by atoms with Gasteiger partial charge in [-0.05, 0) is 51.2 Å². The van der Waals surface area contributed by atoms with E-state index < -0.39 is 17.4 Å². The van der Waals surface area contributed by atoms with Crippen LogP contribution in [0.4, 0.5) is 0 Å². The van der Waals surface area contributed by atoms with Gasteiger partial charge in [0.25, 0.3) is 11.5 Å². The van der Waals surface area contributed by atoms with E-state index in [9.17, 15) is 14.4 Å². The lowest BCUT2D eigenvalue weighted by atomic mass is 9.99. The average Bonchev–Trinajstić information content (AvgIpc) is 2.65. The number of unbranched alkanes of at least 4 members (excludes halogenated alkanes) is 2. The van der Waals surface area contributed by atoms with E-state index in [1.165, 1.54) is 7.11 Å².